The van der Waals surface area contributed by atoms with Gasteiger partial charge >= 0.3 is 5.69 Å². The van der Waals surface area contributed by atoms with E-state index in [-0.39, 0.29) is 24.6 Å². The lowest BCUT2D eigenvalue weighted by atomic mass is 10.1. The van der Waals surface area contributed by atoms with E-state index in [4.69, 9.17) is 0 Å². The third-order valence-corrected chi connectivity index (χ3v) is 7.12. The lowest BCUT2D eigenvalue weighted by molar-refractivity contribution is -0.119. The molecule has 0 saturated heterocycles. The van der Waals surface area contributed by atoms with Crippen LogP contribution >= 0.6 is 11.3 Å². The summed E-state index contributed by atoms with van der Waals surface area (Å²) in [6, 6.07) is 15.5. The van der Waals surface area contributed by atoms with Gasteiger partial charge in [-0.3, -0.25) is 18.7 Å². The Morgan fingerprint density at radius 3 is 2.62 bits per heavy atom. The molecule has 0 radical (unpaired) electrons. The maximum atomic E-state index is 13.4. The van der Waals surface area contributed by atoms with Crippen molar-refractivity contribution in [3.05, 3.63) is 97.0 Å². The van der Waals surface area contributed by atoms with Crippen molar-refractivity contribution in [2.45, 2.75) is 33.4 Å². The van der Waals surface area contributed by atoms with Crippen molar-refractivity contribution in [3.8, 4) is 0 Å². The maximum Gasteiger partial charge on any atom is 0.332 e. The van der Waals surface area contributed by atoms with Gasteiger partial charge < -0.3 is 4.90 Å². The summed E-state index contributed by atoms with van der Waals surface area (Å²) >= 11 is 1.30. The van der Waals surface area contributed by atoms with E-state index in [0.717, 1.165) is 34.4 Å². The molecule has 0 bridgehead atoms. The van der Waals surface area contributed by atoms with Crippen LogP contribution in [0.25, 0.3) is 10.2 Å². The standard InChI is InChI=1S/C25H23N3O3S/c1-16-7-8-18(13-17(16)2)14-28-24(30)23-21(10-12-32-23)27(25(28)31)15-22(29)26-11-9-19-5-3-4-6-20(19)26/h3-8,10,12-13H,9,11,14-15H2,1-2H3. The molecule has 7 heteroatoms. The summed E-state index contributed by atoms with van der Waals surface area (Å²) in [5, 5.41) is 1.79. The monoisotopic (exact) mass is 445 g/mol. The third-order valence-electron chi connectivity index (χ3n) is 6.23. The highest BCUT2D eigenvalue weighted by Gasteiger charge is 2.26. The number of aryl methyl sites for hydroxylation is 2. The number of anilines is 1. The Bertz CT molecular complexity index is 1480. The molecule has 0 spiro atoms. The number of hydrogen-bond acceptors (Lipinski definition) is 4. The number of thiophene rings is 1. The molecular weight excluding hydrogens is 422 g/mol. The zero-order chi connectivity index (χ0) is 22.4. The average molecular weight is 446 g/mol. The third kappa shape index (κ3) is 3.39. The Morgan fingerprint density at radius 1 is 1.00 bits per heavy atom. The lowest BCUT2D eigenvalue weighted by Crippen LogP contribution is -2.43. The highest BCUT2D eigenvalue weighted by atomic mass is 32.1. The fraction of sp³-hybridized carbons (Fsp3) is 0.240. The van der Waals surface area contributed by atoms with Crippen LogP contribution in [0.5, 0.6) is 0 Å². The number of carbonyl (C=O) groups excluding carboxylic acids is 1. The maximum absolute atomic E-state index is 13.4. The molecule has 0 N–H and O–H groups in total. The minimum Gasteiger partial charge on any atom is -0.310 e. The Labute approximate surface area is 189 Å². The van der Waals surface area contributed by atoms with Crippen molar-refractivity contribution < 1.29 is 4.79 Å². The lowest BCUT2D eigenvalue weighted by Gasteiger charge is -2.19. The minimum atomic E-state index is -0.458. The number of nitrogens with zero attached hydrogens (tertiary/aromatic N) is 3. The van der Waals surface area contributed by atoms with E-state index < -0.39 is 5.69 Å². The molecule has 4 aromatic rings. The van der Waals surface area contributed by atoms with Gasteiger partial charge in [-0.25, -0.2) is 4.79 Å². The van der Waals surface area contributed by atoms with E-state index in [1.165, 1.54) is 20.5 Å². The Kier molecular flexibility index (Phi) is 5.06. The summed E-state index contributed by atoms with van der Waals surface area (Å²) < 4.78 is 3.18. The Balaban J connectivity index is 1.55. The summed E-state index contributed by atoms with van der Waals surface area (Å²) in [7, 11) is 0. The first-order chi connectivity index (χ1) is 15.4. The van der Waals surface area contributed by atoms with Crippen molar-refractivity contribution in [3.63, 3.8) is 0 Å². The molecular formula is C25H23N3O3S. The number of benzene rings is 2. The molecule has 162 valence electrons. The first kappa shape index (κ1) is 20.5. The van der Waals surface area contributed by atoms with E-state index in [2.05, 4.69) is 0 Å². The smallest absolute Gasteiger partial charge is 0.310 e. The van der Waals surface area contributed by atoms with Gasteiger partial charge in [0.2, 0.25) is 5.91 Å². The summed E-state index contributed by atoms with van der Waals surface area (Å²) in [5.74, 6) is -0.152. The zero-order valence-corrected chi connectivity index (χ0v) is 18.8. The average Bonchev–Trinajstić information content (AvgIpc) is 3.44. The molecule has 1 aliphatic heterocycles. The van der Waals surface area contributed by atoms with Crippen LogP contribution in [0.1, 0.15) is 22.3 Å². The number of rotatable bonds is 4. The summed E-state index contributed by atoms with van der Waals surface area (Å²) in [4.78, 5) is 41.5. The summed E-state index contributed by atoms with van der Waals surface area (Å²) in [6.07, 6.45) is 0.803. The van der Waals surface area contributed by atoms with Gasteiger partial charge in [0.1, 0.15) is 11.2 Å². The normalized spacial score (nSPS) is 13.0. The molecule has 1 amide bonds. The van der Waals surface area contributed by atoms with Crippen LogP contribution in [0.2, 0.25) is 0 Å². The molecule has 2 aromatic heterocycles. The molecule has 32 heavy (non-hydrogen) atoms. The van der Waals surface area contributed by atoms with Crippen LogP contribution in [0, 0.1) is 13.8 Å². The quantitative estimate of drug-likeness (QED) is 0.483. The summed E-state index contributed by atoms with van der Waals surface area (Å²) in [5.41, 5.74) is 4.92. The predicted octanol–water partition coefficient (Wildman–Crippen LogP) is 3.48. The number of para-hydroxylation sites is 1. The Morgan fingerprint density at radius 2 is 1.81 bits per heavy atom. The van der Waals surface area contributed by atoms with Crippen LogP contribution in [-0.2, 0) is 24.3 Å². The topological polar surface area (TPSA) is 64.3 Å². The number of amides is 1. The van der Waals surface area contributed by atoms with Gasteiger partial charge in [-0.15, -0.1) is 11.3 Å². The highest BCUT2D eigenvalue weighted by molar-refractivity contribution is 7.17. The molecule has 0 fully saturated rings. The van der Waals surface area contributed by atoms with Gasteiger partial charge in [0.15, 0.2) is 0 Å². The second-order valence-electron chi connectivity index (χ2n) is 8.24. The fourth-order valence-electron chi connectivity index (χ4n) is 4.33. The van der Waals surface area contributed by atoms with Gasteiger partial charge in [0.05, 0.1) is 12.1 Å². The molecule has 6 nitrogen and oxygen atoms in total. The second kappa shape index (κ2) is 7.91. The number of aromatic nitrogens is 2. The second-order valence-corrected chi connectivity index (χ2v) is 9.15. The molecule has 2 aromatic carbocycles. The first-order valence-corrected chi connectivity index (χ1v) is 11.5. The van der Waals surface area contributed by atoms with Gasteiger partial charge in [-0.1, -0.05) is 36.4 Å². The van der Waals surface area contributed by atoms with Crippen LogP contribution < -0.4 is 16.1 Å². The molecule has 3 heterocycles. The van der Waals surface area contributed by atoms with Crippen LogP contribution in [-0.4, -0.2) is 21.6 Å². The molecule has 0 aliphatic carbocycles. The van der Waals surface area contributed by atoms with Crippen LogP contribution in [0.15, 0.2) is 63.5 Å². The fourth-order valence-corrected chi connectivity index (χ4v) is 5.17. The highest BCUT2D eigenvalue weighted by Crippen LogP contribution is 2.27. The number of hydrogen-bond donors (Lipinski definition) is 0. The van der Waals surface area contributed by atoms with E-state index in [1.54, 1.807) is 16.3 Å². The molecule has 0 saturated carbocycles. The van der Waals surface area contributed by atoms with Crippen LogP contribution in [0.3, 0.4) is 0 Å². The largest absolute Gasteiger partial charge is 0.332 e. The van der Waals surface area contributed by atoms with E-state index in [1.807, 2.05) is 56.3 Å². The van der Waals surface area contributed by atoms with Gasteiger partial charge in [-0.2, -0.15) is 0 Å². The number of carbonyl (C=O) groups is 1. The van der Waals surface area contributed by atoms with E-state index in [9.17, 15) is 14.4 Å². The van der Waals surface area contributed by atoms with Crippen molar-refractivity contribution >= 4 is 33.1 Å². The van der Waals surface area contributed by atoms with E-state index >= 15 is 0 Å². The van der Waals surface area contributed by atoms with Crippen molar-refractivity contribution in [2.75, 3.05) is 11.4 Å². The molecule has 0 unspecified atom stereocenters. The Hall–Kier alpha value is -3.45. The SMILES string of the molecule is Cc1ccc(Cn2c(=O)c3sccc3n(CC(=O)N3CCc4ccccc43)c2=O)cc1C. The zero-order valence-electron chi connectivity index (χ0n) is 18.0. The molecule has 1 aliphatic rings. The predicted molar refractivity (Wildman–Crippen MR) is 128 cm³/mol. The van der Waals surface area contributed by atoms with Crippen molar-refractivity contribution in [1.29, 1.82) is 0 Å². The van der Waals surface area contributed by atoms with Crippen LogP contribution in [0.4, 0.5) is 5.69 Å². The van der Waals surface area contributed by atoms with Gasteiger partial charge in [-0.05, 0) is 60.0 Å². The van der Waals surface area contributed by atoms with E-state index in [0.29, 0.717) is 16.8 Å². The summed E-state index contributed by atoms with van der Waals surface area (Å²) in [6.45, 7) is 4.70. The van der Waals surface area contributed by atoms with Crippen molar-refractivity contribution in [1.82, 2.24) is 9.13 Å². The number of fused-ring (bicyclic) bond motifs is 2. The molecule has 0 atom stereocenters. The van der Waals surface area contributed by atoms with Gasteiger partial charge in [0, 0.05) is 12.2 Å². The van der Waals surface area contributed by atoms with Crippen molar-refractivity contribution in [2.24, 2.45) is 0 Å². The molecule has 5 rings (SSSR count). The first-order valence-electron chi connectivity index (χ1n) is 10.6. The minimum absolute atomic E-state index is 0.104. The van der Waals surface area contributed by atoms with Gasteiger partial charge in [0.25, 0.3) is 5.56 Å².